The third-order valence-corrected chi connectivity index (χ3v) is 2.76. The van der Waals surface area contributed by atoms with Crippen molar-refractivity contribution in [3.8, 4) is 0 Å². The highest BCUT2D eigenvalue weighted by Gasteiger charge is 2.00. The Bertz CT molecular complexity index is 528. The maximum Gasteiger partial charge on any atom is 0.149 e. The normalized spacial score (nSPS) is 10.2. The molecule has 0 amide bonds. The minimum atomic E-state index is 0.471. The van der Waals surface area contributed by atoms with Gasteiger partial charge in [-0.25, -0.2) is 9.97 Å². The third-order valence-electron chi connectivity index (χ3n) is 2.35. The predicted molar refractivity (Wildman–Crippen MR) is 70.0 cm³/mol. The van der Waals surface area contributed by atoms with Gasteiger partial charge in [-0.05, 0) is 30.7 Å². The standard InChI is InChI=1S/C12H13ClN4/c1-8-2-3-9(6-10(8)13)16-7-12-15-5-4-11(14)17-12/h2-6,16H,7H2,1H3,(H2,14,15,17). The van der Waals surface area contributed by atoms with Gasteiger partial charge in [0.2, 0.25) is 0 Å². The molecule has 2 rings (SSSR count). The van der Waals surface area contributed by atoms with Crippen LogP contribution in [-0.2, 0) is 6.54 Å². The summed E-state index contributed by atoms with van der Waals surface area (Å²) in [6.07, 6.45) is 1.64. The predicted octanol–water partition coefficient (Wildman–Crippen LogP) is 2.63. The molecule has 88 valence electrons. The third kappa shape index (κ3) is 3.07. The second kappa shape index (κ2) is 5.01. The van der Waals surface area contributed by atoms with Crippen molar-refractivity contribution in [3.63, 3.8) is 0 Å². The molecule has 17 heavy (non-hydrogen) atoms. The molecule has 1 heterocycles. The van der Waals surface area contributed by atoms with E-state index < -0.39 is 0 Å². The summed E-state index contributed by atoms with van der Waals surface area (Å²) in [5, 5.41) is 3.93. The van der Waals surface area contributed by atoms with Crippen LogP contribution in [0.1, 0.15) is 11.4 Å². The second-order valence-corrected chi connectivity index (χ2v) is 4.12. The maximum atomic E-state index is 6.03. The number of hydrogen-bond donors (Lipinski definition) is 2. The first-order valence-electron chi connectivity index (χ1n) is 5.22. The molecular formula is C12H13ClN4. The average Bonchev–Trinajstić information content (AvgIpc) is 2.31. The molecule has 0 saturated carbocycles. The van der Waals surface area contributed by atoms with Gasteiger partial charge in [0.1, 0.15) is 11.6 Å². The lowest BCUT2D eigenvalue weighted by molar-refractivity contribution is 0.954. The summed E-state index contributed by atoms with van der Waals surface area (Å²) in [6.45, 7) is 2.48. The molecule has 0 unspecified atom stereocenters. The first kappa shape index (κ1) is 11.7. The minimum Gasteiger partial charge on any atom is -0.384 e. The average molecular weight is 249 g/mol. The Morgan fingerprint density at radius 3 is 2.88 bits per heavy atom. The van der Waals surface area contributed by atoms with Crippen LogP contribution < -0.4 is 11.1 Å². The largest absolute Gasteiger partial charge is 0.384 e. The minimum absolute atomic E-state index is 0.471. The smallest absolute Gasteiger partial charge is 0.149 e. The first-order valence-corrected chi connectivity index (χ1v) is 5.60. The summed E-state index contributed by atoms with van der Waals surface area (Å²) >= 11 is 6.03. The Kier molecular flexibility index (Phi) is 3.44. The fourth-order valence-electron chi connectivity index (χ4n) is 1.38. The van der Waals surface area contributed by atoms with E-state index in [0.29, 0.717) is 18.2 Å². The van der Waals surface area contributed by atoms with Crippen LogP contribution in [0.4, 0.5) is 11.5 Å². The summed E-state index contributed by atoms with van der Waals surface area (Å²) in [5.41, 5.74) is 7.56. The topological polar surface area (TPSA) is 63.8 Å². The molecular weight excluding hydrogens is 236 g/mol. The molecule has 0 spiro atoms. The molecule has 0 atom stereocenters. The van der Waals surface area contributed by atoms with Crippen LogP contribution in [-0.4, -0.2) is 9.97 Å². The zero-order valence-corrected chi connectivity index (χ0v) is 10.2. The van der Waals surface area contributed by atoms with E-state index in [0.717, 1.165) is 16.3 Å². The number of benzene rings is 1. The zero-order valence-electron chi connectivity index (χ0n) is 9.44. The number of aryl methyl sites for hydroxylation is 1. The Balaban J connectivity index is 2.05. The number of anilines is 2. The van der Waals surface area contributed by atoms with Crippen molar-refractivity contribution in [2.45, 2.75) is 13.5 Å². The monoisotopic (exact) mass is 248 g/mol. The van der Waals surface area contributed by atoms with E-state index in [4.69, 9.17) is 17.3 Å². The summed E-state index contributed by atoms with van der Waals surface area (Å²) < 4.78 is 0. The van der Waals surface area contributed by atoms with Gasteiger partial charge in [0, 0.05) is 16.9 Å². The van der Waals surface area contributed by atoms with Crippen molar-refractivity contribution in [3.05, 3.63) is 46.9 Å². The quantitative estimate of drug-likeness (QED) is 0.877. The Morgan fingerprint density at radius 2 is 2.18 bits per heavy atom. The molecule has 0 aliphatic carbocycles. The number of nitrogens with zero attached hydrogens (tertiary/aromatic N) is 2. The van der Waals surface area contributed by atoms with Gasteiger partial charge in [-0.2, -0.15) is 0 Å². The van der Waals surface area contributed by atoms with E-state index in [1.54, 1.807) is 12.3 Å². The van der Waals surface area contributed by atoms with E-state index >= 15 is 0 Å². The van der Waals surface area contributed by atoms with Crippen molar-refractivity contribution in [2.24, 2.45) is 0 Å². The molecule has 0 bridgehead atoms. The van der Waals surface area contributed by atoms with Crippen molar-refractivity contribution in [1.29, 1.82) is 0 Å². The lowest BCUT2D eigenvalue weighted by Gasteiger charge is -2.07. The number of nitrogens with one attached hydrogen (secondary N) is 1. The summed E-state index contributed by atoms with van der Waals surface area (Å²) in [7, 11) is 0. The SMILES string of the molecule is Cc1ccc(NCc2nccc(N)n2)cc1Cl. The van der Waals surface area contributed by atoms with Gasteiger partial charge in [-0.3, -0.25) is 0 Å². The van der Waals surface area contributed by atoms with Crippen LogP contribution in [0.2, 0.25) is 5.02 Å². The molecule has 3 N–H and O–H groups in total. The Labute approximate surface area is 105 Å². The van der Waals surface area contributed by atoms with E-state index in [2.05, 4.69) is 15.3 Å². The van der Waals surface area contributed by atoms with Crippen LogP contribution in [0.25, 0.3) is 0 Å². The van der Waals surface area contributed by atoms with Gasteiger partial charge in [0.15, 0.2) is 0 Å². The number of halogens is 1. The Hall–Kier alpha value is -1.81. The maximum absolute atomic E-state index is 6.03. The molecule has 5 heteroatoms. The summed E-state index contributed by atoms with van der Waals surface area (Å²) in [6, 6.07) is 7.47. The van der Waals surface area contributed by atoms with Gasteiger partial charge >= 0.3 is 0 Å². The highest BCUT2D eigenvalue weighted by molar-refractivity contribution is 6.31. The van der Waals surface area contributed by atoms with Crippen LogP contribution >= 0.6 is 11.6 Å². The van der Waals surface area contributed by atoms with Crippen molar-refractivity contribution >= 4 is 23.1 Å². The van der Waals surface area contributed by atoms with Gasteiger partial charge < -0.3 is 11.1 Å². The zero-order chi connectivity index (χ0) is 12.3. The van der Waals surface area contributed by atoms with Gasteiger partial charge in [0.05, 0.1) is 6.54 Å². The van der Waals surface area contributed by atoms with E-state index in [1.807, 2.05) is 25.1 Å². The van der Waals surface area contributed by atoms with E-state index in [9.17, 15) is 0 Å². The van der Waals surface area contributed by atoms with Gasteiger partial charge in [-0.15, -0.1) is 0 Å². The highest BCUT2D eigenvalue weighted by atomic mass is 35.5. The molecule has 2 aromatic rings. The van der Waals surface area contributed by atoms with Crippen LogP contribution in [0.5, 0.6) is 0 Å². The Morgan fingerprint density at radius 1 is 1.35 bits per heavy atom. The fourth-order valence-corrected chi connectivity index (χ4v) is 1.56. The first-order chi connectivity index (χ1) is 8.15. The lowest BCUT2D eigenvalue weighted by atomic mass is 10.2. The number of aromatic nitrogens is 2. The number of nitrogens with two attached hydrogens (primary N) is 1. The number of rotatable bonds is 3. The molecule has 0 fully saturated rings. The highest BCUT2D eigenvalue weighted by Crippen LogP contribution is 2.20. The molecule has 0 saturated heterocycles. The van der Waals surface area contributed by atoms with Gasteiger partial charge in [0.25, 0.3) is 0 Å². The molecule has 1 aromatic heterocycles. The van der Waals surface area contributed by atoms with E-state index in [-0.39, 0.29) is 0 Å². The molecule has 1 aromatic carbocycles. The van der Waals surface area contributed by atoms with Crippen LogP contribution in [0.15, 0.2) is 30.5 Å². The molecule has 0 radical (unpaired) electrons. The molecule has 0 aliphatic rings. The number of nitrogen functional groups attached to an aromatic ring is 1. The van der Waals surface area contributed by atoms with Crippen LogP contribution in [0, 0.1) is 6.92 Å². The second-order valence-electron chi connectivity index (χ2n) is 3.72. The number of hydrogen-bond acceptors (Lipinski definition) is 4. The molecule has 4 nitrogen and oxygen atoms in total. The van der Waals surface area contributed by atoms with Crippen LogP contribution in [0.3, 0.4) is 0 Å². The fraction of sp³-hybridized carbons (Fsp3) is 0.167. The van der Waals surface area contributed by atoms with Crippen molar-refractivity contribution in [2.75, 3.05) is 11.1 Å². The summed E-state index contributed by atoms with van der Waals surface area (Å²) in [4.78, 5) is 8.21. The van der Waals surface area contributed by atoms with Crippen molar-refractivity contribution < 1.29 is 0 Å². The molecule has 0 aliphatic heterocycles. The van der Waals surface area contributed by atoms with E-state index in [1.165, 1.54) is 0 Å². The lowest BCUT2D eigenvalue weighted by Crippen LogP contribution is -2.05. The summed E-state index contributed by atoms with van der Waals surface area (Å²) in [5.74, 6) is 1.13. The van der Waals surface area contributed by atoms with Gasteiger partial charge in [-0.1, -0.05) is 17.7 Å². The van der Waals surface area contributed by atoms with Crippen molar-refractivity contribution in [1.82, 2.24) is 9.97 Å².